The normalized spacial score (nSPS) is 34.8. The third-order valence-electron chi connectivity index (χ3n) is 3.00. The minimum absolute atomic E-state index is 0.332. The Morgan fingerprint density at radius 1 is 1.54 bits per heavy atom. The molecular formula is C10H16N2S. The predicted octanol–water partition coefficient (Wildman–Crippen LogP) is 2.37. The zero-order chi connectivity index (χ0) is 9.26. The first-order valence-corrected chi connectivity index (χ1v) is 5.77. The van der Waals surface area contributed by atoms with Gasteiger partial charge >= 0.3 is 0 Å². The lowest BCUT2D eigenvalue weighted by atomic mass is 9.78. The van der Waals surface area contributed by atoms with Crippen LogP contribution in [0.25, 0.3) is 0 Å². The maximum Gasteiger partial charge on any atom is 0.0588 e. The lowest BCUT2D eigenvalue weighted by molar-refractivity contribution is 0.303. The number of nitrogens with two attached hydrogens (primary N) is 1. The van der Waals surface area contributed by atoms with Gasteiger partial charge < -0.3 is 5.73 Å². The highest BCUT2D eigenvalue weighted by Crippen LogP contribution is 2.34. The van der Waals surface area contributed by atoms with Crippen LogP contribution in [0.15, 0.2) is 11.4 Å². The van der Waals surface area contributed by atoms with Gasteiger partial charge in [0.2, 0.25) is 0 Å². The van der Waals surface area contributed by atoms with Gasteiger partial charge in [0.05, 0.1) is 5.69 Å². The zero-order valence-electron chi connectivity index (χ0n) is 7.94. The third kappa shape index (κ3) is 1.92. The molecule has 0 aromatic carbocycles. The Morgan fingerprint density at radius 2 is 2.38 bits per heavy atom. The maximum absolute atomic E-state index is 6.10. The lowest BCUT2D eigenvalue weighted by Crippen LogP contribution is -2.34. The summed E-state index contributed by atoms with van der Waals surface area (Å²) in [7, 11) is 0. The quantitative estimate of drug-likeness (QED) is 0.749. The van der Waals surface area contributed by atoms with Crippen molar-refractivity contribution in [3.63, 3.8) is 0 Å². The van der Waals surface area contributed by atoms with Gasteiger partial charge in [-0.05, 0) is 42.8 Å². The summed E-state index contributed by atoms with van der Waals surface area (Å²) in [6.07, 6.45) is 3.65. The van der Waals surface area contributed by atoms with Crippen LogP contribution in [0.3, 0.4) is 0 Å². The highest BCUT2D eigenvalue weighted by Gasteiger charge is 2.28. The molecule has 1 saturated carbocycles. The Bertz CT molecular complexity index is 258. The van der Waals surface area contributed by atoms with E-state index < -0.39 is 0 Å². The van der Waals surface area contributed by atoms with Crippen LogP contribution in [0, 0.1) is 5.92 Å². The fraction of sp³-hybridized carbons (Fsp3) is 0.700. The van der Waals surface area contributed by atoms with Gasteiger partial charge in [0, 0.05) is 17.3 Å². The molecule has 2 N–H and O–H groups in total. The van der Waals surface area contributed by atoms with E-state index in [2.05, 4.69) is 17.4 Å². The molecule has 1 aliphatic rings. The molecule has 0 radical (unpaired) electrons. The molecule has 0 aliphatic heterocycles. The van der Waals surface area contributed by atoms with Gasteiger partial charge in [-0.15, -0.1) is 0 Å². The number of nitrogens with zero attached hydrogens (tertiary/aromatic N) is 1. The van der Waals surface area contributed by atoms with Crippen LogP contribution in [0.2, 0.25) is 0 Å². The van der Waals surface area contributed by atoms with Gasteiger partial charge in [-0.25, -0.2) is 0 Å². The molecule has 3 unspecified atom stereocenters. The average Bonchev–Trinajstić information content (AvgIpc) is 2.61. The van der Waals surface area contributed by atoms with Crippen molar-refractivity contribution in [2.24, 2.45) is 11.7 Å². The summed E-state index contributed by atoms with van der Waals surface area (Å²) in [6, 6.07) is 2.45. The fourth-order valence-corrected chi connectivity index (χ4v) is 2.74. The number of aromatic nitrogens is 1. The third-order valence-corrected chi connectivity index (χ3v) is 3.58. The van der Waals surface area contributed by atoms with E-state index in [1.165, 1.54) is 30.1 Å². The number of hydrogen-bond donors (Lipinski definition) is 1. The van der Waals surface area contributed by atoms with Crippen molar-refractivity contribution < 1.29 is 0 Å². The van der Waals surface area contributed by atoms with Crippen molar-refractivity contribution in [2.45, 2.75) is 38.1 Å². The molecular weight excluding hydrogens is 180 g/mol. The summed E-state index contributed by atoms with van der Waals surface area (Å²) in [5, 5.41) is 2.04. The molecule has 0 spiro atoms. The average molecular weight is 196 g/mol. The highest BCUT2D eigenvalue weighted by atomic mass is 32.1. The zero-order valence-corrected chi connectivity index (χ0v) is 8.76. The first-order valence-electron chi connectivity index (χ1n) is 4.93. The summed E-state index contributed by atoms with van der Waals surface area (Å²) >= 11 is 1.53. The van der Waals surface area contributed by atoms with E-state index in [1.54, 1.807) is 0 Å². The Labute approximate surface area is 83.3 Å². The molecule has 1 heterocycles. The van der Waals surface area contributed by atoms with E-state index in [4.69, 9.17) is 5.73 Å². The van der Waals surface area contributed by atoms with Gasteiger partial charge in [-0.2, -0.15) is 4.37 Å². The molecule has 1 aromatic rings. The van der Waals surface area contributed by atoms with E-state index in [-0.39, 0.29) is 0 Å². The largest absolute Gasteiger partial charge is 0.327 e. The van der Waals surface area contributed by atoms with Crippen LogP contribution in [0.1, 0.15) is 37.8 Å². The van der Waals surface area contributed by atoms with Gasteiger partial charge in [0.25, 0.3) is 0 Å². The van der Waals surface area contributed by atoms with Crippen molar-refractivity contribution in [2.75, 3.05) is 0 Å². The second-order valence-corrected chi connectivity index (χ2v) is 4.78. The predicted molar refractivity (Wildman–Crippen MR) is 55.8 cm³/mol. The van der Waals surface area contributed by atoms with Gasteiger partial charge in [0.1, 0.15) is 0 Å². The van der Waals surface area contributed by atoms with Crippen LogP contribution < -0.4 is 5.73 Å². The molecule has 3 atom stereocenters. The van der Waals surface area contributed by atoms with Crippen LogP contribution in [0.5, 0.6) is 0 Å². The first-order chi connectivity index (χ1) is 6.27. The van der Waals surface area contributed by atoms with Crippen LogP contribution in [-0.4, -0.2) is 10.4 Å². The molecule has 2 rings (SSSR count). The van der Waals surface area contributed by atoms with Crippen molar-refractivity contribution in [3.05, 3.63) is 17.1 Å². The molecule has 1 aliphatic carbocycles. The molecule has 0 amide bonds. The first kappa shape index (κ1) is 9.16. The summed E-state index contributed by atoms with van der Waals surface area (Å²) in [4.78, 5) is 0. The van der Waals surface area contributed by atoms with E-state index in [0.29, 0.717) is 12.0 Å². The van der Waals surface area contributed by atoms with Crippen LogP contribution >= 0.6 is 11.5 Å². The number of rotatable bonds is 1. The lowest BCUT2D eigenvalue weighted by Gasteiger charge is -2.31. The van der Waals surface area contributed by atoms with Crippen molar-refractivity contribution in [1.29, 1.82) is 0 Å². The van der Waals surface area contributed by atoms with Crippen LogP contribution in [0.4, 0.5) is 0 Å². The summed E-state index contributed by atoms with van der Waals surface area (Å²) < 4.78 is 4.39. The highest BCUT2D eigenvalue weighted by molar-refractivity contribution is 7.03. The van der Waals surface area contributed by atoms with E-state index in [1.807, 2.05) is 5.38 Å². The summed E-state index contributed by atoms with van der Waals surface area (Å²) in [5.41, 5.74) is 7.31. The second kappa shape index (κ2) is 3.76. The van der Waals surface area contributed by atoms with E-state index >= 15 is 0 Å². The minimum Gasteiger partial charge on any atom is -0.327 e. The SMILES string of the molecule is CC1CCC(N)C(c2ccsn2)C1. The van der Waals surface area contributed by atoms with E-state index in [9.17, 15) is 0 Å². The van der Waals surface area contributed by atoms with E-state index in [0.717, 1.165) is 12.3 Å². The maximum atomic E-state index is 6.10. The Morgan fingerprint density at radius 3 is 3.08 bits per heavy atom. The van der Waals surface area contributed by atoms with Crippen molar-refractivity contribution in [3.8, 4) is 0 Å². The van der Waals surface area contributed by atoms with Crippen LogP contribution in [-0.2, 0) is 0 Å². The van der Waals surface area contributed by atoms with Gasteiger partial charge in [-0.3, -0.25) is 0 Å². The standard InChI is InChI=1S/C10H16N2S/c1-7-2-3-9(11)8(6-7)10-4-5-13-12-10/h4-5,7-9H,2-3,6,11H2,1H3. The molecule has 1 fully saturated rings. The summed E-state index contributed by atoms with van der Waals surface area (Å²) in [6.45, 7) is 2.31. The molecule has 72 valence electrons. The monoisotopic (exact) mass is 196 g/mol. The Hall–Kier alpha value is -0.410. The molecule has 13 heavy (non-hydrogen) atoms. The molecule has 3 heteroatoms. The van der Waals surface area contributed by atoms with Gasteiger partial charge in [0.15, 0.2) is 0 Å². The van der Waals surface area contributed by atoms with Gasteiger partial charge in [-0.1, -0.05) is 6.92 Å². The molecule has 2 nitrogen and oxygen atoms in total. The molecule has 1 aromatic heterocycles. The van der Waals surface area contributed by atoms with Crippen molar-refractivity contribution in [1.82, 2.24) is 4.37 Å². The molecule has 0 bridgehead atoms. The van der Waals surface area contributed by atoms with Crippen molar-refractivity contribution >= 4 is 11.5 Å². The smallest absolute Gasteiger partial charge is 0.0588 e. The second-order valence-electron chi connectivity index (χ2n) is 4.11. The Balaban J connectivity index is 2.12. The fourth-order valence-electron chi connectivity index (χ4n) is 2.16. The Kier molecular flexibility index (Phi) is 2.65. The number of hydrogen-bond acceptors (Lipinski definition) is 3. The topological polar surface area (TPSA) is 38.9 Å². The minimum atomic E-state index is 0.332. The summed E-state index contributed by atoms with van der Waals surface area (Å²) in [5.74, 6) is 1.32. The molecule has 0 saturated heterocycles.